The van der Waals surface area contributed by atoms with Crippen molar-refractivity contribution in [3.05, 3.63) is 36.4 Å². The molecule has 0 aliphatic carbocycles. The second-order valence-corrected chi connectivity index (χ2v) is 1.55. The molecule has 0 saturated carbocycles. The molecule has 0 fully saturated rings. The average Bonchev–Trinajstić information content (AvgIpc) is 1.91. The van der Waals surface area contributed by atoms with E-state index in [0.717, 1.165) is 0 Å². The Bertz CT molecular complexity index is 193. The Hall–Kier alpha value is -1.18. The average molecular weight is 123 g/mol. The minimum atomic E-state index is 0.475. The molecule has 0 N–H and O–H groups in total. The van der Waals surface area contributed by atoms with Crippen LogP contribution in [0.3, 0.4) is 0 Å². The standard InChI is InChI=1S/C7H6FN/c8-5-4-7-3-1-2-6-9-7/h1-6H. The van der Waals surface area contributed by atoms with Gasteiger partial charge in [-0.25, -0.2) is 4.39 Å². The first kappa shape index (κ1) is 5.95. The highest BCUT2D eigenvalue weighted by Crippen LogP contribution is 1.95. The molecular weight excluding hydrogens is 117 g/mol. The zero-order valence-electron chi connectivity index (χ0n) is 4.79. The Morgan fingerprint density at radius 3 is 2.89 bits per heavy atom. The van der Waals surface area contributed by atoms with E-state index in [-0.39, 0.29) is 0 Å². The molecule has 0 aromatic carbocycles. The number of hydrogen-bond acceptors (Lipinski definition) is 1. The van der Waals surface area contributed by atoms with E-state index in [1.807, 2.05) is 6.07 Å². The molecule has 0 bridgehead atoms. The lowest BCUT2D eigenvalue weighted by atomic mass is 10.3. The third-order valence-corrected chi connectivity index (χ3v) is 0.922. The van der Waals surface area contributed by atoms with E-state index in [4.69, 9.17) is 0 Å². The van der Waals surface area contributed by atoms with Gasteiger partial charge in [-0.1, -0.05) is 6.07 Å². The highest BCUT2D eigenvalue weighted by Gasteiger charge is 1.80. The van der Waals surface area contributed by atoms with Crippen molar-refractivity contribution in [3.8, 4) is 0 Å². The summed E-state index contributed by atoms with van der Waals surface area (Å²) in [6.45, 7) is 0. The topological polar surface area (TPSA) is 12.9 Å². The Labute approximate surface area is 52.9 Å². The number of rotatable bonds is 1. The molecule has 0 aliphatic rings. The molecule has 0 atom stereocenters. The SMILES string of the molecule is FC=Cc1ccccn1. The fraction of sp³-hybridized carbons (Fsp3) is 0. The van der Waals surface area contributed by atoms with Crippen LogP contribution in [0.1, 0.15) is 5.69 Å². The van der Waals surface area contributed by atoms with Gasteiger partial charge in [0.15, 0.2) is 0 Å². The molecular formula is C7H6FN. The molecule has 1 rings (SSSR count). The van der Waals surface area contributed by atoms with Gasteiger partial charge < -0.3 is 0 Å². The maximum absolute atomic E-state index is 11.5. The molecule has 1 aromatic heterocycles. The zero-order chi connectivity index (χ0) is 6.53. The van der Waals surface area contributed by atoms with Gasteiger partial charge in [0.05, 0.1) is 12.0 Å². The van der Waals surface area contributed by atoms with Crippen molar-refractivity contribution in [1.29, 1.82) is 0 Å². The fourth-order valence-electron chi connectivity index (χ4n) is 0.539. The van der Waals surface area contributed by atoms with Gasteiger partial charge in [-0.2, -0.15) is 0 Å². The van der Waals surface area contributed by atoms with Gasteiger partial charge in [0, 0.05) is 6.20 Å². The van der Waals surface area contributed by atoms with Crippen molar-refractivity contribution in [2.24, 2.45) is 0 Å². The van der Waals surface area contributed by atoms with Crippen molar-refractivity contribution in [3.63, 3.8) is 0 Å². The number of halogens is 1. The molecule has 0 radical (unpaired) electrons. The fourth-order valence-corrected chi connectivity index (χ4v) is 0.539. The van der Waals surface area contributed by atoms with E-state index < -0.39 is 0 Å². The molecule has 0 spiro atoms. The van der Waals surface area contributed by atoms with E-state index in [9.17, 15) is 4.39 Å². The molecule has 1 aromatic rings. The lowest BCUT2D eigenvalue weighted by Crippen LogP contribution is -1.74. The van der Waals surface area contributed by atoms with Gasteiger partial charge in [0.1, 0.15) is 0 Å². The van der Waals surface area contributed by atoms with Crippen LogP contribution in [0.4, 0.5) is 4.39 Å². The Morgan fingerprint density at radius 2 is 2.33 bits per heavy atom. The van der Waals surface area contributed by atoms with Gasteiger partial charge in [-0.05, 0) is 18.2 Å². The van der Waals surface area contributed by atoms with Crippen LogP contribution in [0.5, 0.6) is 0 Å². The molecule has 0 aliphatic heterocycles. The predicted octanol–water partition coefficient (Wildman–Crippen LogP) is 2.02. The molecule has 9 heavy (non-hydrogen) atoms. The Morgan fingerprint density at radius 1 is 1.44 bits per heavy atom. The summed E-state index contributed by atoms with van der Waals surface area (Å²) in [4.78, 5) is 3.84. The van der Waals surface area contributed by atoms with Crippen LogP contribution in [-0.2, 0) is 0 Å². The smallest absolute Gasteiger partial charge is 0.0888 e. The van der Waals surface area contributed by atoms with Crippen LogP contribution < -0.4 is 0 Å². The normalized spacial score (nSPS) is 10.3. The summed E-state index contributed by atoms with van der Waals surface area (Å²) in [7, 11) is 0. The van der Waals surface area contributed by atoms with Crippen molar-refractivity contribution >= 4 is 6.08 Å². The summed E-state index contributed by atoms with van der Waals surface area (Å²) >= 11 is 0. The van der Waals surface area contributed by atoms with Gasteiger partial charge in [0.25, 0.3) is 0 Å². The molecule has 0 saturated heterocycles. The first-order valence-corrected chi connectivity index (χ1v) is 2.61. The van der Waals surface area contributed by atoms with Gasteiger partial charge in [0.2, 0.25) is 0 Å². The largest absolute Gasteiger partial charge is 0.257 e. The highest BCUT2D eigenvalue weighted by atomic mass is 19.1. The highest BCUT2D eigenvalue weighted by molar-refractivity contribution is 5.41. The lowest BCUT2D eigenvalue weighted by molar-refractivity contribution is 0.727. The lowest BCUT2D eigenvalue weighted by Gasteiger charge is -1.85. The maximum Gasteiger partial charge on any atom is 0.0888 e. The first-order chi connectivity index (χ1) is 4.43. The number of aromatic nitrogens is 1. The molecule has 0 amide bonds. The third-order valence-electron chi connectivity index (χ3n) is 0.922. The van der Waals surface area contributed by atoms with Crippen LogP contribution in [0.15, 0.2) is 30.7 Å². The maximum atomic E-state index is 11.5. The molecule has 0 unspecified atom stereocenters. The quantitative estimate of drug-likeness (QED) is 0.556. The van der Waals surface area contributed by atoms with E-state index in [1.165, 1.54) is 6.08 Å². The summed E-state index contributed by atoms with van der Waals surface area (Å²) in [5, 5.41) is 0. The minimum Gasteiger partial charge on any atom is -0.257 e. The van der Waals surface area contributed by atoms with E-state index in [0.29, 0.717) is 12.0 Å². The molecule has 46 valence electrons. The van der Waals surface area contributed by atoms with Crippen LogP contribution in [-0.4, -0.2) is 4.98 Å². The van der Waals surface area contributed by atoms with Crippen LogP contribution in [0.25, 0.3) is 6.08 Å². The van der Waals surface area contributed by atoms with Crippen molar-refractivity contribution in [2.45, 2.75) is 0 Å². The van der Waals surface area contributed by atoms with Gasteiger partial charge in [-0.15, -0.1) is 0 Å². The van der Waals surface area contributed by atoms with E-state index in [1.54, 1.807) is 18.3 Å². The summed E-state index contributed by atoms with van der Waals surface area (Å²) < 4.78 is 11.5. The number of hydrogen-bond donors (Lipinski definition) is 0. The first-order valence-electron chi connectivity index (χ1n) is 2.61. The third kappa shape index (κ3) is 1.64. The number of nitrogens with zero attached hydrogens (tertiary/aromatic N) is 1. The summed E-state index contributed by atoms with van der Waals surface area (Å²) in [5.74, 6) is 0. The van der Waals surface area contributed by atoms with E-state index >= 15 is 0 Å². The van der Waals surface area contributed by atoms with Gasteiger partial charge >= 0.3 is 0 Å². The molecule has 2 heteroatoms. The minimum absolute atomic E-state index is 0.475. The van der Waals surface area contributed by atoms with Crippen molar-refractivity contribution in [1.82, 2.24) is 4.98 Å². The Balaban J connectivity index is 2.85. The molecule has 1 heterocycles. The Kier molecular flexibility index (Phi) is 1.96. The summed E-state index contributed by atoms with van der Waals surface area (Å²) in [6, 6.07) is 5.33. The monoisotopic (exact) mass is 123 g/mol. The summed E-state index contributed by atoms with van der Waals surface area (Å²) in [5.41, 5.74) is 0.639. The second kappa shape index (κ2) is 2.97. The van der Waals surface area contributed by atoms with Crippen molar-refractivity contribution in [2.75, 3.05) is 0 Å². The second-order valence-electron chi connectivity index (χ2n) is 1.55. The molecule has 1 nitrogen and oxygen atoms in total. The van der Waals surface area contributed by atoms with Crippen molar-refractivity contribution < 1.29 is 4.39 Å². The van der Waals surface area contributed by atoms with Crippen LogP contribution in [0.2, 0.25) is 0 Å². The zero-order valence-corrected chi connectivity index (χ0v) is 4.79. The van der Waals surface area contributed by atoms with E-state index in [2.05, 4.69) is 4.98 Å². The number of pyridine rings is 1. The predicted molar refractivity (Wildman–Crippen MR) is 34.4 cm³/mol. The van der Waals surface area contributed by atoms with Gasteiger partial charge in [-0.3, -0.25) is 4.98 Å². The van der Waals surface area contributed by atoms with Crippen LogP contribution >= 0.6 is 0 Å². The van der Waals surface area contributed by atoms with Crippen LogP contribution in [0, 0.1) is 0 Å². The summed E-state index contributed by atoms with van der Waals surface area (Å²) in [6.07, 6.45) is 3.40.